The lowest BCUT2D eigenvalue weighted by Crippen LogP contribution is -2.58. The number of amides is 2. The lowest BCUT2D eigenvalue weighted by atomic mass is 9.93. The maximum atomic E-state index is 13.3. The number of ether oxygens (including phenoxy) is 1. The Labute approximate surface area is 212 Å². The first-order valence-electron chi connectivity index (χ1n) is 12.6. The summed E-state index contributed by atoms with van der Waals surface area (Å²) in [6, 6.07) is 12.7. The van der Waals surface area contributed by atoms with Gasteiger partial charge >= 0.3 is 0 Å². The number of hydrogen-bond donors (Lipinski definition) is 2. The van der Waals surface area contributed by atoms with Crippen LogP contribution < -0.4 is 11.1 Å². The Bertz CT molecular complexity index is 1050. The third-order valence-corrected chi connectivity index (χ3v) is 6.94. The Morgan fingerprint density at radius 2 is 2.08 bits per heavy atom. The summed E-state index contributed by atoms with van der Waals surface area (Å²) in [6.07, 6.45) is 6.66. The van der Waals surface area contributed by atoms with Crippen LogP contribution in [-0.4, -0.2) is 77.6 Å². The summed E-state index contributed by atoms with van der Waals surface area (Å²) in [6.45, 7) is 3.39. The van der Waals surface area contributed by atoms with Gasteiger partial charge in [0.25, 0.3) is 5.91 Å². The van der Waals surface area contributed by atoms with Gasteiger partial charge in [0.15, 0.2) is 0 Å². The molecule has 0 saturated carbocycles. The van der Waals surface area contributed by atoms with E-state index in [1.165, 1.54) is 6.20 Å². The van der Waals surface area contributed by atoms with Gasteiger partial charge in [-0.1, -0.05) is 12.1 Å². The average Bonchev–Trinajstić information content (AvgIpc) is 3.44. The van der Waals surface area contributed by atoms with Crippen molar-refractivity contribution < 1.29 is 14.3 Å². The van der Waals surface area contributed by atoms with E-state index in [0.29, 0.717) is 43.7 Å². The normalized spacial score (nSPS) is 21.8. The molecule has 190 valence electrons. The Balaban J connectivity index is 1.55. The molecule has 2 aliphatic heterocycles. The van der Waals surface area contributed by atoms with Crippen LogP contribution in [0.4, 0.5) is 0 Å². The first kappa shape index (κ1) is 25.8. The summed E-state index contributed by atoms with van der Waals surface area (Å²) in [4.78, 5) is 34.6. The smallest absolute Gasteiger partial charge is 0.256 e. The zero-order valence-corrected chi connectivity index (χ0v) is 20.5. The second-order valence-corrected chi connectivity index (χ2v) is 9.39. The summed E-state index contributed by atoms with van der Waals surface area (Å²) in [7, 11) is 0. The molecule has 9 heteroatoms. The summed E-state index contributed by atoms with van der Waals surface area (Å²) in [5.74, 6) is -0.370. The van der Waals surface area contributed by atoms with Gasteiger partial charge in [-0.15, -0.1) is 0 Å². The van der Waals surface area contributed by atoms with E-state index < -0.39 is 6.04 Å². The quantitative estimate of drug-likeness (QED) is 0.548. The Hall–Kier alpha value is -3.32. The van der Waals surface area contributed by atoms with E-state index in [1.807, 2.05) is 24.3 Å². The Kier molecular flexibility index (Phi) is 9.01. The molecule has 2 aliphatic rings. The molecule has 1 aromatic carbocycles. The van der Waals surface area contributed by atoms with Crippen molar-refractivity contribution in [1.29, 1.82) is 5.26 Å². The molecule has 3 heterocycles. The fourth-order valence-corrected chi connectivity index (χ4v) is 5.05. The standard InChI is InChI=1S/C27H34N6O3/c28-10-12-31-26(34)25-15-23(9-13-33(25)27(35)22-3-1-11-30-17-22)32(19-24-4-2-14-36-24)18-21-7-5-20(16-29)6-8-21/h1,3,5-8,11,17,23-25H,2,4,9-10,12-15,18-19,28H2,(H,31,34)/t23?,24?,25-/m1/s1. The van der Waals surface area contributed by atoms with Gasteiger partial charge in [-0.3, -0.25) is 19.5 Å². The van der Waals surface area contributed by atoms with Crippen molar-refractivity contribution in [1.82, 2.24) is 20.1 Å². The van der Waals surface area contributed by atoms with Crippen molar-refractivity contribution in [2.75, 3.05) is 32.8 Å². The number of rotatable bonds is 9. The third-order valence-electron chi connectivity index (χ3n) is 6.94. The van der Waals surface area contributed by atoms with Gasteiger partial charge in [-0.2, -0.15) is 5.26 Å². The van der Waals surface area contributed by atoms with Crippen LogP contribution in [0.2, 0.25) is 0 Å². The number of pyridine rings is 1. The molecule has 2 saturated heterocycles. The van der Waals surface area contributed by atoms with Crippen molar-refractivity contribution in [3.63, 3.8) is 0 Å². The van der Waals surface area contributed by atoms with Gasteiger partial charge < -0.3 is 20.7 Å². The molecule has 2 aromatic rings. The van der Waals surface area contributed by atoms with Gasteiger partial charge in [0, 0.05) is 57.8 Å². The van der Waals surface area contributed by atoms with Crippen LogP contribution >= 0.6 is 0 Å². The highest BCUT2D eigenvalue weighted by Crippen LogP contribution is 2.27. The highest BCUT2D eigenvalue weighted by Gasteiger charge is 2.39. The molecule has 0 aliphatic carbocycles. The number of carbonyl (C=O) groups is 2. The number of likely N-dealkylation sites (tertiary alicyclic amines) is 1. The summed E-state index contributed by atoms with van der Waals surface area (Å²) in [5.41, 5.74) is 7.82. The summed E-state index contributed by atoms with van der Waals surface area (Å²) < 4.78 is 5.94. The van der Waals surface area contributed by atoms with Gasteiger partial charge in [-0.05, 0) is 55.5 Å². The highest BCUT2D eigenvalue weighted by molar-refractivity contribution is 5.97. The Morgan fingerprint density at radius 3 is 2.75 bits per heavy atom. The SMILES string of the molecule is N#Cc1ccc(CN(CC2CCCO2)C2CCN(C(=O)c3cccnc3)[C@@H](C(=O)NCCN)C2)cc1. The van der Waals surface area contributed by atoms with Crippen LogP contribution in [0.3, 0.4) is 0 Å². The number of nitrogens with zero attached hydrogens (tertiary/aromatic N) is 4. The number of aromatic nitrogens is 1. The van der Waals surface area contributed by atoms with E-state index in [-0.39, 0.29) is 24.0 Å². The minimum atomic E-state index is -0.601. The number of piperidine rings is 1. The molecule has 2 unspecified atom stereocenters. The minimum absolute atomic E-state index is 0.0939. The van der Waals surface area contributed by atoms with Crippen molar-refractivity contribution in [3.8, 4) is 6.07 Å². The van der Waals surface area contributed by atoms with Gasteiger partial charge in [0.05, 0.1) is 23.3 Å². The maximum Gasteiger partial charge on any atom is 0.256 e. The van der Waals surface area contributed by atoms with Crippen LogP contribution in [0.25, 0.3) is 0 Å². The summed E-state index contributed by atoms with van der Waals surface area (Å²) in [5, 5.41) is 12.0. The molecule has 2 amide bonds. The molecule has 0 spiro atoms. The van der Waals surface area contributed by atoms with Crippen LogP contribution in [-0.2, 0) is 16.1 Å². The maximum absolute atomic E-state index is 13.3. The molecular weight excluding hydrogens is 456 g/mol. The lowest BCUT2D eigenvalue weighted by molar-refractivity contribution is -0.127. The van der Waals surface area contributed by atoms with Crippen molar-refractivity contribution in [3.05, 3.63) is 65.5 Å². The molecule has 2 fully saturated rings. The second-order valence-electron chi connectivity index (χ2n) is 9.39. The number of hydrogen-bond acceptors (Lipinski definition) is 7. The largest absolute Gasteiger partial charge is 0.377 e. The summed E-state index contributed by atoms with van der Waals surface area (Å²) >= 11 is 0. The third kappa shape index (κ3) is 6.46. The van der Waals surface area contributed by atoms with E-state index in [9.17, 15) is 9.59 Å². The zero-order chi connectivity index (χ0) is 25.3. The van der Waals surface area contributed by atoms with Gasteiger partial charge in [-0.25, -0.2) is 0 Å². The number of carbonyl (C=O) groups excluding carboxylic acids is 2. The molecular formula is C27H34N6O3. The van der Waals surface area contributed by atoms with Crippen molar-refractivity contribution in [2.45, 2.75) is 50.4 Å². The second kappa shape index (κ2) is 12.6. The van der Waals surface area contributed by atoms with Gasteiger partial charge in [0.2, 0.25) is 5.91 Å². The van der Waals surface area contributed by atoms with Crippen molar-refractivity contribution >= 4 is 11.8 Å². The molecule has 1 aromatic heterocycles. The van der Waals surface area contributed by atoms with Crippen LogP contribution in [0.15, 0.2) is 48.8 Å². The number of nitrogens with two attached hydrogens (primary N) is 1. The number of nitrogens with one attached hydrogen (secondary N) is 1. The van der Waals surface area contributed by atoms with E-state index in [4.69, 9.17) is 15.7 Å². The molecule has 0 bridgehead atoms. The predicted octanol–water partition coefficient (Wildman–Crippen LogP) is 1.68. The zero-order valence-electron chi connectivity index (χ0n) is 20.5. The van der Waals surface area contributed by atoms with Crippen LogP contribution in [0, 0.1) is 11.3 Å². The first-order valence-corrected chi connectivity index (χ1v) is 12.6. The number of nitriles is 1. The fraction of sp³-hybridized carbons (Fsp3) is 0.481. The monoisotopic (exact) mass is 490 g/mol. The number of benzene rings is 1. The first-order chi connectivity index (χ1) is 17.6. The van der Waals surface area contributed by atoms with Crippen LogP contribution in [0.1, 0.15) is 47.2 Å². The molecule has 3 atom stereocenters. The highest BCUT2D eigenvalue weighted by atomic mass is 16.5. The topological polar surface area (TPSA) is 125 Å². The van der Waals surface area contributed by atoms with E-state index >= 15 is 0 Å². The van der Waals surface area contributed by atoms with E-state index in [2.05, 4.69) is 21.3 Å². The fourth-order valence-electron chi connectivity index (χ4n) is 5.05. The lowest BCUT2D eigenvalue weighted by Gasteiger charge is -2.43. The molecule has 4 rings (SSSR count). The molecule has 3 N–H and O–H groups in total. The van der Waals surface area contributed by atoms with Gasteiger partial charge in [0.1, 0.15) is 6.04 Å². The van der Waals surface area contributed by atoms with Crippen LogP contribution in [0.5, 0.6) is 0 Å². The minimum Gasteiger partial charge on any atom is -0.377 e. The Morgan fingerprint density at radius 1 is 1.25 bits per heavy atom. The van der Waals surface area contributed by atoms with E-state index in [0.717, 1.165) is 38.0 Å². The average molecular weight is 491 g/mol. The molecule has 0 radical (unpaired) electrons. The van der Waals surface area contributed by atoms with E-state index in [1.54, 1.807) is 23.2 Å². The van der Waals surface area contributed by atoms with Crippen molar-refractivity contribution in [2.24, 2.45) is 5.73 Å². The molecule has 9 nitrogen and oxygen atoms in total. The predicted molar refractivity (Wildman–Crippen MR) is 135 cm³/mol. The molecule has 36 heavy (non-hydrogen) atoms.